The molecular weight excluding hydrogens is 304 g/mol. The van der Waals surface area contributed by atoms with Crippen LogP contribution in [0.4, 0.5) is 0 Å². The molecule has 0 unspecified atom stereocenters. The second-order valence-corrected chi connectivity index (χ2v) is 7.15. The lowest BCUT2D eigenvalue weighted by atomic mass is 9.93. The Morgan fingerprint density at radius 3 is 2.20 bits per heavy atom. The predicted molar refractivity (Wildman–Crippen MR) is 106 cm³/mol. The van der Waals surface area contributed by atoms with Crippen LogP contribution in [0.5, 0.6) is 0 Å². The van der Waals surface area contributed by atoms with Crippen molar-refractivity contribution < 1.29 is 4.79 Å². The van der Waals surface area contributed by atoms with Gasteiger partial charge < -0.3 is 0 Å². The number of fused-ring (bicyclic) bond motifs is 1. The average Bonchev–Trinajstić information content (AvgIpc) is 3.40. The number of benzene rings is 3. The number of ketones is 1. The zero-order chi connectivity index (χ0) is 17.9. The molecule has 0 spiro atoms. The fraction of sp³-hybridized carbons (Fsp3) is 0.292. The van der Waals surface area contributed by atoms with Gasteiger partial charge in [0.05, 0.1) is 0 Å². The smallest absolute Gasteiger partial charge is 0.160 e. The molecule has 1 aliphatic carbocycles. The SMILES string of the molecule is CC1(c2cccc3ccccc23)CC1.CCc1ccccc1C(C)=O. The van der Waals surface area contributed by atoms with Crippen LogP contribution in [0.25, 0.3) is 10.8 Å². The van der Waals surface area contributed by atoms with E-state index >= 15 is 0 Å². The standard InChI is InChI=1S/C14H14.C10H12O/c1-14(9-10-14)13-8-4-6-11-5-2-3-7-12(11)13;1-3-9-6-4-5-7-10(9)8(2)11/h2-8H,9-10H2,1H3;4-7H,3H2,1-2H3. The predicted octanol–water partition coefficient (Wildman–Crippen LogP) is 6.34. The van der Waals surface area contributed by atoms with E-state index < -0.39 is 0 Å². The molecule has 0 saturated heterocycles. The van der Waals surface area contributed by atoms with Crippen LogP contribution in [0, 0.1) is 0 Å². The second-order valence-electron chi connectivity index (χ2n) is 7.15. The monoisotopic (exact) mass is 330 g/mol. The summed E-state index contributed by atoms with van der Waals surface area (Å²) in [6.45, 7) is 6.03. The van der Waals surface area contributed by atoms with Crippen molar-refractivity contribution in [1.29, 1.82) is 0 Å². The Morgan fingerprint density at radius 1 is 0.920 bits per heavy atom. The first-order chi connectivity index (χ1) is 12.0. The zero-order valence-electron chi connectivity index (χ0n) is 15.4. The van der Waals surface area contributed by atoms with Gasteiger partial charge in [-0.15, -0.1) is 0 Å². The lowest BCUT2D eigenvalue weighted by Gasteiger charge is -2.12. The highest BCUT2D eigenvalue weighted by molar-refractivity contribution is 5.95. The minimum absolute atomic E-state index is 0.155. The van der Waals surface area contributed by atoms with E-state index in [1.807, 2.05) is 24.3 Å². The first kappa shape index (κ1) is 17.4. The molecule has 0 N–H and O–H groups in total. The van der Waals surface area contributed by atoms with Crippen molar-refractivity contribution in [3.8, 4) is 0 Å². The maximum atomic E-state index is 11.0. The van der Waals surface area contributed by atoms with Crippen molar-refractivity contribution in [2.24, 2.45) is 0 Å². The highest BCUT2D eigenvalue weighted by Gasteiger charge is 2.39. The molecule has 0 atom stereocenters. The number of hydrogen-bond acceptors (Lipinski definition) is 1. The maximum absolute atomic E-state index is 11.0. The molecule has 1 saturated carbocycles. The van der Waals surface area contributed by atoms with Gasteiger partial charge in [0.2, 0.25) is 0 Å². The van der Waals surface area contributed by atoms with Crippen LogP contribution in [-0.4, -0.2) is 5.78 Å². The highest BCUT2D eigenvalue weighted by atomic mass is 16.1. The van der Waals surface area contributed by atoms with Gasteiger partial charge in [0.25, 0.3) is 0 Å². The Hall–Kier alpha value is -2.41. The van der Waals surface area contributed by atoms with E-state index in [2.05, 4.69) is 56.3 Å². The van der Waals surface area contributed by atoms with E-state index in [4.69, 9.17) is 0 Å². The summed E-state index contributed by atoms with van der Waals surface area (Å²) >= 11 is 0. The van der Waals surface area contributed by atoms with Gasteiger partial charge in [0, 0.05) is 5.56 Å². The van der Waals surface area contributed by atoms with E-state index in [1.54, 1.807) is 6.92 Å². The fourth-order valence-corrected chi connectivity index (χ4v) is 3.38. The molecule has 25 heavy (non-hydrogen) atoms. The van der Waals surface area contributed by atoms with E-state index in [1.165, 1.54) is 29.2 Å². The number of Topliss-reactive ketones (excluding diaryl/α,β-unsaturated/α-hetero) is 1. The second kappa shape index (κ2) is 7.23. The minimum atomic E-state index is 0.155. The van der Waals surface area contributed by atoms with Crippen LogP contribution in [-0.2, 0) is 11.8 Å². The largest absolute Gasteiger partial charge is 0.295 e. The molecule has 4 rings (SSSR count). The highest BCUT2D eigenvalue weighted by Crippen LogP contribution is 2.49. The zero-order valence-corrected chi connectivity index (χ0v) is 15.4. The Kier molecular flexibility index (Phi) is 5.03. The lowest BCUT2D eigenvalue weighted by Crippen LogP contribution is -1.99. The Labute approximate surface area is 150 Å². The van der Waals surface area contributed by atoms with E-state index in [9.17, 15) is 4.79 Å². The number of hydrogen-bond donors (Lipinski definition) is 0. The third-order valence-electron chi connectivity index (χ3n) is 5.22. The summed E-state index contributed by atoms with van der Waals surface area (Å²) in [5, 5.41) is 2.81. The molecule has 3 aromatic carbocycles. The van der Waals surface area contributed by atoms with Crippen LogP contribution in [0.3, 0.4) is 0 Å². The van der Waals surface area contributed by atoms with Crippen LogP contribution >= 0.6 is 0 Å². The number of aryl methyl sites for hydroxylation is 1. The number of carbonyl (C=O) groups excluding carboxylic acids is 1. The fourth-order valence-electron chi connectivity index (χ4n) is 3.38. The van der Waals surface area contributed by atoms with Gasteiger partial charge in [-0.05, 0) is 53.5 Å². The van der Waals surface area contributed by atoms with Crippen molar-refractivity contribution >= 4 is 16.6 Å². The molecule has 0 heterocycles. The summed E-state index contributed by atoms with van der Waals surface area (Å²) in [5.41, 5.74) is 4.01. The van der Waals surface area contributed by atoms with Crippen molar-refractivity contribution in [3.05, 3.63) is 83.4 Å². The summed E-state index contributed by atoms with van der Waals surface area (Å²) in [7, 11) is 0. The maximum Gasteiger partial charge on any atom is 0.160 e. The molecule has 0 bridgehead atoms. The van der Waals surface area contributed by atoms with Crippen LogP contribution in [0.2, 0.25) is 0 Å². The van der Waals surface area contributed by atoms with Gasteiger partial charge in [-0.2, -0.15) is 0 Å². The quantitative estimate of drug-likeness (QED) is 0.512. The van der Waals surface area contributed by atoms with Crippen LogP contribution in [0.1, 0.15) is 55.1 Å². The molecule has 1 fully saturated rings. The first-order valence-electron chi connectivity index (χ1n) is 9.12. The molecule has 128 valence electrons. The first-order valence-corrected chi connectivity index (χ1v) is 9.12. The Balaban J connectivity index is 0.000000151. The molecule has 0 aliphatic heterocycles. The van der Waals surface area contributed by atoms with Gasteiger partial charge in [0.1, 0.15) is 0 Å². The Morgan fingerprint density at radius 2 is 1.56 bits per heavy atom. The van der Waals surface area contributed by atoms with Gasteiger partial charge in [-0.3, -0.25) is 4.79 Å². The van der Waals surface area contributed by atoms with Crippen LogP contribution < -0.4 is 0 Å². The van der Waals surface area contributed by atoms with Gasteiger partial charge in [0.15, 0.2) is 5.78 Å². The molecule has 1 nitrogen and oxygen atoms in total. The minimum Gasteiger partial charge on any atom is -0.295 e. The van der Waals surface area contributed by atoms with Gasteiger partial charge in [-0.25, -0.2) is 0 Å². The molecule has 0 aromatic heterocycles. The topological polar surface area (TPSA) is 17.1 Å². The summed E-state index contributed by atoms with van der Waals surface area (Å²) in [4.78, 5) is 11.0. The lowest BCUT2D eigenvalue weighted by molar-refractivity contribution is 0.101. The third-order valence-corrected chi connectivity index (χ3v) is 5.22. The van der Waals surface area contributed by atoms with Crippen LogP contribution in [0.15, 0.2) is 66.7 Å². The molecule has 3 aromatic rings. The van der Waals surface area contributed by atoms with Crippen molar-refractivity contribution in [2.75, 3.05) is 0 Å². The summed E-state index contributed by atoms with van der Waals surface area (Å²) < 4.78 is 0. The van der Waals surface area contributed by atoms with Crippen molar-refractivity contribution in [3.63, 3.8) is 0 Å². The normalized spacial score (nSPS) is 14.5. The van der Waals surface area contributed by atoms with Crippen molar-refractivity contribution in [1.82, 2.24) is 0 Å². The van der Waals surface area contributed by atoms with E-state index in [0.29, 0.717) is 5.41 Å². The number of rotatable bonds is 3. The van der Waals surface area contributed by atoms with E-state index in [0.717, 1.165) is 17.5 Å². The summed E-state index contributed by atoms with van der Waals surface area (Å²) in [5.74, 6) is 0.155. The van der Waals surface area contributed by atoms with Gasteiger partial charge >= 0.3 is 0 Å². The molecule has 1 heteroatoms. The molecule has 0 radical (unpaired) electrons. The summed E-state index contributed by atoms with van der Waals surface area (Å²) in [6.07, 6.45) is 3.62. The summed E-state index contributed by atoms with van der Waals surface area (Å²) in [6, 6.07) is 23.1. The Bertz CT molecular complexity index is 882. The van der Waals surface area contributed by atoms with Crippen molar-refractivity contribution in [2.45, 2.75) is 45.4 Å². The van der Waals surface area contributed by atoms with Gasteiger partial charge in [-0.1, -0.05) is 80.6 Å². The number of carbonyl (C=O) groups is 1. The molecular formula is C24H26O. The van der Waals surface area contributed by atoms with E-state index in [-0.39, 0.29) is 5.78 Å². The molecule has 1 aliphatic rings. The average molecular weight is 330 g/mol. The molecule has 0 amide bonds. The third kappa shape index (κ3) is 3.82.